The fraction of sp³-hybridized carbons (Fsp3) is 0.389. The lowest BCUT2D eigenvalue weighted by Gasteiger charge is -2.27. The molecule has 3 nitrogen and oxygen atoms in total. The molecule has 1 amide bonds. The molecule has 0 saturated carbocycles. The summed E-state index contributed by atoms with van der Waals surface area (Å²) in [5, 5.41) is 8.21. The monoisotopic (exact) mass is 346 g/mol. The zero-order valence-corrected chi connectivity index (χ0v) is 14.6. The molecule has 2 heterocycles. The maximum Gasteiger partial charge on any atom is 0.256 e. The van der Waals surface area contributed by atoms with E-state index in [0.717, 1.165) is 34.9 Å². The van der Waals surface area contributed by atoms with Gasteiger partial charge >= 0.3 is 0 Å². The second-order valence-corrected chi connectivity index (χ2v) is 7.81. The highest BCUT2D eigenvalue weighted by atomic mass is 35.5. The van der Waals surface area contributed by atoms with Crippen LogP contribution >= 0.6 is 22.9 Å². The molecule has 120 valence electrons. The topological polar surface area (TPSA) is 41.1 Å². The van der Waals surface area contributed by atoms with E-state index in [-0.39, 0.29) is 12.1 Å². The molecule has 1 aliphatic heterocycles. The number of thiophene rings is 1. The molecule has 1 aliphatic carbocycles. The van der Waals surface area contributed by atoms with Crippen molar-refractivity contribution in [2.45, 2.75) is 38.8 Å². The van der Waals surface area contributed by atoms with E-state index in [2.05, 4.69) is 17.6 Å². The van der Waals surface area contributed by atoms with E-state index in [0.29, 0.717) is 5.02 Å². The average molecular weight is 347 g/mol. The lowest BCUT2D eigenvalue weighted by atomic mass is 9.85. The minimum absolute atomic E-state index is 0.0242. The van der Waals surface area contributed by atoms with Gasteiger partial charge in [0.15, 0.2) is 0 Å². The number of amides is 1. The summed E-state index contributed by atoms with van der Waals surface area (Å²) in [5.41, 5.74) is 3.03. The summed E-state index contributed by atoms with van der Waals surface area (Å²) in [7, 11) is 0. The molecule has 2 aliphatic rings. The van der Waals surface area contributed by atoms with Crippen LogP contribution in [-0.4, -0.2) is 5.91 Å². The molecule has 0 saturated heterocycles. The maximum atomic E-state index is 12.7. The first-order chi connectivity index (χ1) is 11.2. The molecule has 4 rings (SSSR count). The van der Waals surface area contributed by atoms with E-state index in [1.54, 1.807) is 11.3 Å². The summed E-state index contributed by atoms with van der Waals surface area (Å²) in [6.45, 7) is 2.25. The Morgan fingerprint density at radius 2 is 2.13 bits per heavy atom. The van der Waals surface area contributed by atoms with Crippen LogP contribution in [0.5, 0.6) is 0 Å². The summed E-state index contributed by atoms with van der Waals surface area (Å²) in [6.07, 6.45) is 4.27. The maximum absolute atomic E-state index is 12.7. The van der Waals surface area contributed by atoms with Gasteiger partial charge in [-0.2, -0.15) is 0 Å². The molecule has 23 heavy (non-hydrogen) atoms. The number of benzene rings is 1. The Morgan fingerprint density at radius 1 is 1.30 bits per heavy atom. The normalized spacial score (nSPS) is 22.8. The Labute approximate surface area is 145 Å². The standard InChI is InChI=1S/C18H19ClN2OS/c1-2-10-7-8-12-14(9-10)23-18-15(12)17(22)20-16(21-18)11-5-3-4-6-13(11)19/h3-6,10,16,21H,2,7-9H2,1H3,(H,20,22)/t10-,16-/m1/s1. The van der Waals surface area contributed by atoms with Crippen LogP contribution in [0.1, 0.15) is 52.3 Å². The van der Waals surface area contributed by atoms with Gasteiger partial charge in [0.05, 0.1) is 5.56 Å². The average Bonchev–Trinajstić information content (AvgIpc) is 2.92. The fourth-order valence-corrected chi connectivity index (χ4v) is 5.21. The van der Waals surface area contributed by atoms with Crippen LogP contribution in [0.25, 0.3) is 0 Å². The third-order valence-electron chi connectivity index (χ3n) is 4.94. The molecular formula is C18H19ClN2OS. The molecule has 0 radical (unpaired) electrons. The van der Waals surface area contributed by atoms with Crippen LogP contribution in [0.4, 0.5) is 5.00 Å². The molecule has 0 spiro atoms. The molecule has 1 aromatic heterocycles. The van der Waals surface area contributed by atoms with Crippen molar-refractivity contribution >= 4 is 33.8 Å². The van der Waals surface area contributed by atoms with Gasteiger partial charge < -0.3 is 10.6 Å². The van der Waals surface area contributed by atoms with Gasteiger partial charge in [-0.05, 0) is 36.8 Å². The predicted octanol–water partition coefficient (Wildman–Crippen LogP) is 4.77. The van der Waals surface area contributed by atoms with E-state index in [9.17, 15) is 4.79 Å². The third kappa shape index (κ3) is 2.54. The smallest absolute Gasteiger partial charge is 0.256 e. The van der Waals surface area contributed by atoms with Crippen molar-refractivity contribution in [2.24, 2.45) is 5.92 Å². The van der Waals surface area contributed by atoms with Crippen LogP contribution in [0, 0.1) is 5.92 Å². The zero-order chi connectivity index (χ0) is 16.0. The van der Waals surface area contributed by atoms with Crippen molar-refractivity contribution < 1.29 is 4.79 Å². The van der Waals surface area contributed by atoms with Crippen molar-refractivity contribution in [3.8, 4) is 0 Å². The molecular weight excluding hydrogens is 328 g/mol. The van der Waals surface area contributed by atoms with Crippen LogP contribution in [0.3, 0.4) is 0 Å². The summed E-state index contributed by atoms with van der Waals surface area (Å²) in [6, 6.07) is 7.64. The van der Waals surface area contributed by atoms with Gasteiger partial charge in [0.2, 0.25) is 0 Å². The van der Waals surface area contributed by atoms with Crippen LogP contribution in [0.2, 0.25) is 5.02 Å². The number of anilines is 1. The number of hydrogen-bond donors (Lipinski definition) is 2. The largest absolute Gasteiger partial charge is 0.353 e. The van der Waals surface area contributed by atoms with E-state index >= 15 is 0 Å². The minimum atomic E-state index is -0.259. The summed E-state index contributed by atoms with van der Waals surface area (Å²) in [5.74, 6) is 0.779. The number of rotatable bonds is 2. The van der Waals surface area contributed by atoms with Crippen molar-refractivity contribution in [3.63, 3.8) is 0 Å². The van der Waals surface area contributed by atoms with Crippen LogP contribution in [0.15, 0.2) is 24.3 Å². The molecule has 1 aromatic carbocycles. The van der Waals surface area contributed by atoms with E-state index in [1.807, 2.05) is 24.3 Å². The quantitative estimate of drug-likeness (QED) is 0.822. The molecule has 2 aromatic rings. The lowest BCUT2D eigenvalue weighted by Crippen LogP contribution is -2.38. The van der Waals surface area contributed by atoms with Crippen LogP contribution in [-0.2, 0) is 12.8 Å². The summed E-state index contributed by atoms with van der Waals surface area (Å²) < 4.78 is 0. The van der Waals surface area contributed by atoms with Crippen molar-refractivity contribution in [1.29, 1.82) is 0 Å². The Morgan fingerprint density at radius 3 is 2.91 bits per heavy atom. The highest BCUT2D eigenvalue weighted by Gasteiger charge is 2.33. The molecule has 5 heteroatoms. The minimum Gasteiger partial charge on any atom is -0.353 e. The second kappa shape index (κ2) is 5.84. The van der Waals surface area contributed by atoms with Gasteiger partial charge in [-0.15, -0.1) is 11.3 Å². The predicted molar refractivity (Wildman–Crippen MR) is 95.4 cm³/mol. The first-order valence-electron chi connectivity index (χ1n) is 8.13. The number of nitrogens with one attached hydrogen (secondary N) is 2. The molecule has 0 fully saturated rings. The van der Waals surface area contributed by atoms with Gasteiger partial charge in [-0.3, -0.25) is 4.79 Å². The van der Waals surface area contributed by atoms with Gasteiger partial charge in [0.1, 0.15) is 11.2 Å². The van der Waals surface area contributed by atoms with E-state index < -0.39 is 0 Å². The summed E-state index contributed by atoms with van der Waals surface area (Å²) >= 11 is 8.03. The number of carbonyl (C=O) groups is 1. The Kier molecular flexibility index (Phi) is 3.82. The highest BCUT2D eigenvalue weighted by molar-refractivity contribution is 7.16. The number of carbonyl (C=O) groups excluding carboxylic acids is 1. The Bertz CT molecular complexity index is 770. The molecule has 0 unspecified atom stereocenters. The molecule has 2 N–H and O–H groups in total. The number of hydrogen-bond acceptors (Lipinski definition) is 3. The van der Waals surface area contributed by atoms with Crippen molar-refractivity contribution in [2.75, 3.05) is 5.32 Å². The molecule has 2 atom stereocenters. The fourth-order valence-electron chi connectivity index (χ4n) is 3.58. The molecule has 0 bridgehead atoms. The van der Waals surface area contributed by atoms with E-state index in [4.69, 9.17) is 11.6 Å². The van der Waals surface area contributed by atoms with Gasteiger partial charge in [0.25, 0.3) is 5.91 Å². The van der Waals surface area contributed by atoms with Gasteiger partial charge in [0, 0.05) is 15.5 Å². The summed E-state index contributed by atoms with van der Waals surface area (Å²) in [4.78, 5) is 14.1. The van der Waals surface area contributed by atoms with E-state index in [1.165, 1.54) is 23.3 Å². The van der Waals surface area contributed by atoms with Crippen LogP contribution < -0.4 is 10.6 Å². The lowest BCUT2D eigenvalue weighted by molar-refractivity contribution is 0.0935. The Hall–Kier alpha value is -1.52. The third-order valence-corrected chi connectivity index (χ3v) is 6.47. The zero-order valence-electron chi connectivity index (χ0n) is 13.0. The highest BCUT2D eigenvalue weighted by Crippen LogP contribution is 2.43. The number of halogens is 1. The Balaban J connectivity index is 1.69. The SMILES string of the molecule is CC[C@@H]1CCc2c(sc3c2C(=O)N[C@@H](c2ccccc2Cl)N3)C1. The number of fused-ring (bicyclic) bond motifs is 3. The second-order valence-electron chi connectivity index (χ2n) is 6.30. The van der Waals surface area contributed by atoms with Gasteiger partial charge in [-0.1, -0.05) is 43.1 Å². The van der Waals surface area contributed by atoms with Crippen molar-refractivity contribution in [3.05, 3.63) is 50.9 Å². The van der Waals surface area contributed by atoms with Crippen molar-refractivity contribution in [1.82, 2.24) is 5.32 Å². The first kappa shape index (κ1) is 15.0. The first-order valence-corrected chi connectivity index (χ1v) is 9.33. The van der Waals surface area contributed by atoms with Gasteiger partial charge in [-0.25, -0.2) is 0 Å².